The highest BCUT2D eigenvalue weighted by atomic mass is 16.8. The number of ether oxygens (including phenoxy) is 1. The molecule has 8 heteroatoms. The summed E-state index contributed by atoms with van der Waals surface area (Å²) in [5, 5.41) is 3.46. The van der Waals surface area contributed by atoms with E-state index in [4.69, 9.17) is 9.57 Å². The van der Waals surface area contributed by atoms with Crippen LogP contribution >= 0.6 is 0 Å². The number of hydrogen-bond donors (Lipinski definition) is 2. The van der Waals surface area contributed by atoms with Crippen LogP contribution in [0.2, 0.25) is 0 Å². The lowest BCUT2D eigenvalue weighted by Gasteiger charge is -2.21. The average Bonchev–Trinajstić information content (AvgIpc) is 3.24. The second-order valence-electron chi connectivity index (χ2n) is 8.39. The SMILES string of the molecule is Cc1cccc(CN2CC[C@@H](Nc3cnc(/C=C/C(=O)NOC4CCCCO4)cn3)C2)c1. The molecule has 0 radical (unpaired) electrons. The van der Waals surface area contributed by atoms with Crippen LogP contribution < -0.4 is 10.8 Å². The molecule has 2 fully saturated rings. The van der Waals surface area contributed by atoms with Gasteiger partial charge in [-0.1, -0.05) is 29.8 Å². The molecule has 1 aromatic heterocycles. The molecule has 2 atom stereocenters. The molecule has 4 rings (SSSR count). The summed E-state index contributed by atoms with van der Waals surface area (Å²) < 4.78 is 5.41. The Kier molecular flexibility index (Phi) is 7.82. The zero-order valence-corrected chi connectivity index (χ0v) is 18.5. The van der Waals surface area contributed by atoms with E-state index < -0.39 is 0 Å². The van der Waals surface area contributed by atoms with E-state index in [1.165, 1.54) is 17.2 Å². The number of carbonyl (C=O) groups excluding carboxylic acids is 1. The summed E-state index contributed by atoms with van der Waals surface area (Å²) in [5.74, 6) is 0.384. The molecule has 1 amide bonds. The minimum absolute atomic E-state index is 0.348. The number of nitrogens with zero attached hydrogens (tertiary/aromatic N) is 3. The minimum atomic E-state index is -0.366. The van der Waals surface area contributed by atoms with Crippen molar-refractivity contribution in [3.8, 4) is 0 Å². The van der Waals surface area contributed by atoms with Crippen molar-refractivity contribution in [2.45, 2.75) is 51.5 Å². The van der Waals surface area contributed by atoms with Gasteiger partial charge >= 0.3 is 0 Å². The first-order valence-electron chi connectivity index (χ1n) is 11.3. The van der Waals surface area contributed by atoms with Crippen molar-refractivity contribution in [1.82, 2.24) is 20.3 Å². The smallest absolute Gasteiger partial charge is 0.267 e. The van der Waals surface area contributed by atoms with Crippen molar-refractivity contribution in [2.75, 3.05) is 25.0 Å². The number of hydroxylamine groups is 1. The molecule has 0 bridgehead atoms. The third-order valence-electron chi connectivity index (χ3n) is 5.62. The molecule has 2 N–H and O–H groups in total. The van der Waals surface area contributed by atoms with Crippen molar-refractivity contribution in [1.29, 1.82) is 0 Å². The first-order valence-corrected chi connectivity index (χ1v) is 11.3. The maximum absolute atomic E-state index is 11.9. The van der Waals surface area contributed by atoms with Crippen molar-refractivity contribution in [3.63, 3.8) is 0 Å². The van der Waals surface area contributed by atoms with Gasteiger partial charge in [-0.3, -0.25) is 14.7 Å². The van der Waals surface area contributed by atoms with E-state index in [1.54, 1.807) is 18.5 Å². The molecule has 0 saturated carbocycles. The van der Waals surface area contributed by atoms with Gasteiger partial charge in [-0.05, 0) is 37.8 Å². The van der Waals surface area contributed by atoms with E-state index in [1.807, 2.05) is 0 Å². The Balaban J connectivity index is 1.20. The van der Waals surface area contributed by atoms with Gasteiger partial charge in [0, 0.05) is 44.8 Å². The fourth-order valence-electron chi connectivity index (χ4n) is 3.99. The zero-order valence-electron chi connectivity index (χ0n) is 18.5. The van der Waals surface area contributed by atoms with Crippen LogP contribution in [0.5, 0.6) is 0 Å². The van der Waals surface area contributed by atoms with Gasteiger partial charge in [-0.15, -0.1) is 0 Å². The van der Waals surface area contributed by atoms with Crippen LogP contribution in [0.4, 0.5) is 5.82 Å². The highest BCUT2D eigenvalue weighted by Gasteiger charge is 2.22. The monoisotopic (exact) mass is 437 g/mol. The fraction of sp³-hybridized carbons (Fsp3) is 0.458. The van der Waals surface area contributed by atoms with Gasteiger partial charge in [0.25, 0.3) is 5.91 Å². The van der Waals surface area contributed by atoms with Gasteiger partial charge in [0.1, 0.15) is 5.82 Å². The van der Waals surface area contributed by atoms with Crippen molar-refractivity contribution < 1.29 is 14.4 Å². The highest BCUT2D eigenvalue weighted by molar-refractivity contribution is 5.90. The number of benzene rings is 1. The van der Waals surface area contributed by atoms with Crippen LogP contribution in [0.3, 0.4) is 0 Å². The predicted molar refractivity (Wildman–Crippen MR) is 122 cm³/mol. The molecule has 1 aromatic carbocycles. The first kappa shape index (κ1) is 22.4. The summed E-state index contributed by atoms with van der Waals surface area (Å²) in [6.45, 7) is 5.79. The maximum Gasteiger partial charge on any atom is 0.267 e. The molecule has 0 aliphatic carbocycles. The van der Waals surface area contributed by atoms with Crippen LogP contribution in [0.15, 0.2) is 42.7 Å². The molecular weight excluding hydrogens is 406 g/mol. The van der Waals surface area contributed by atoms with Crippen LogP contribution in [-0.2, 0) is 20.9 Å². The molecule has 3 heterocycles. The van der Waals surface area contributed by atoms with Gasteiger partial charge in [-0.2, -0.15) is 0 Å². The third kappa shape index (κ3) is 6.85. The molecule has 2 aliphatic rings. The second-order valence-corrected chi connectivity index (χ2v) is 8.39. The van der Waals surface area contributed by atoms with Crippen LogP contribution in [-0.4, -0.2) is 52.8 Å². The van der Waals surface area contributed by atoms with E-state index in [2.05, 4.69) is 56.9 Å². The second kappa shape index (κ2) is 11.2. The van der Waals surface area contributed by atoms with Crippen LogP contribution in [0.25, 0.3) is 6.08 Å². The standard InChI is InChI=1S/C24H31N5O3/c1-18-5-4-6-19(13-18)16-29-11-10-21(17-29)27-22-15-25-20(14-26-22)8-9-23(30)28-32-24-7-2-3-12-31-24/h4-6,8-9,13-15,21,24H,2-3,7,10-12,16-17H2,1H3,(H,26,27)(H,28,30)/b9-8+/t21-,24?/m1/s1. The van der Waals surface area contributed by atoms with Gasteiger partial charge in [0.15, 0.2) is 6.29 Å². The van der Waals surface area contributed by atoms with Crippen molar-refractivity contribution in [2.24, 2.45) is 0 Å². The van der Waals surface area contributed by atoms with Crippen LogP contribution in [0, 0.1) is 6.92 Å². The molecule has 2 aromatic rings. The van der Waals surface area contributed by atoms with E-state index in [9.17, 15) is 4.79 Å². The van der Waals surface area contributed by atoms with E-state index >= 15 is 0 Å². The number of hydrogen-bond acceptors (Lipinski definition) is 7. The number of aryl methyl sites for hydroxylation is 1. The lowest BCUT2D eigenvalue weighted by atomic mass is 10.1. The summed E-state index contributed by atoms with van der Waals surface area (Å²) in [6.07, 6.45) is 9.89. The summed E-state index contributed by atoms with van der Waals surface area (Å²) in [6, 6.07) is 9.02. The summed E-state index contributed by atoms with van der Waals surface area (Å²) >= 11 is 0. The van der Waals surface area contributed by atoms with Gasteiger partial charge in [0.05, 0.1) is 18.1 Å². The lowest BCUT2D eigenvalue weighted by molar-refractivity contribution is -0.198. The van der Waals surface area contributed by atoms with Crippen molar-refractivity contribution in [3.05, 3.63) is 59.6 Å². The molecule has 2 saturated heterocycles. The van der Waals surface area contributed by atoms with E-state index in [-0.39, 0.29) is 12.2 Å². The van der Waals surface area contributed by atoms with E-state index in [0.717, 1.165) is 51.1 Å². The molecule has 1 unspecified atom stereocenters. The quantitative estimate of drug-likeness (QED) is 0.485. The molecule has 32 heavy (non-hydrogen) atoms. The first-order chi connectivity index (χ1) is 15.6. The Morgan fingerprint density at radius 3 is 3.00 bits per heavy atom. The summed E-state index contributed by atoms with van der Waals surface area (Å²) in [5.41, 5.74) is 5.64. The lowest BCUT2D eigenvalue weighted by Crippen LogP contribution is -2.32. The summed E-state index contributed by atoms with van der Waals surface area (Å²) in [7, 11) is 0. The molecule has 8 nitrogen and oxygen atoms in total. The van der Waals surface area contributed by atoms with Gasteiger partial charge < -0.3 is 10.1 Å². The highest BCUT2D eigenvalue weighted by Crippen LogP contribution is 2.17. The Hall–Kier alpha value is -2.81. The number of amides is 1. The Morgan fingerprint density at radius 1 is 1.28 bits per heavy atom. The maximum atomic E-state index is 11.9. The number of aromatic nitrogens is 2. The molecular formula is C24H31N5O3. The van der Waals surface area contributed by atoms with Crippen molar-refractivity contribution >= 4 is 17.8 Å². The van der Waals surface area contributed by atoms with Gasteiger partial charge in [-0.25, -0.2) is 15.3 Å². The minimum Gasteiger partial charge on any atom is -0.365 e. The fourth-order valence-corrected chi connectivity index (χ4v) is 3.99. The normalized spacial score (nSPS) is 21.7. The Morgan fingerprint density at radius 2 is 2.22 bits per heavy atom. The number of rotatable bonds is 8. The zero-order chi connectivity index (χ0) is 22.2. The summed E-state index contributed by atoms with van der Waals surface area (Å²) in [4.78, 5) is 28.4. The molecule has 0 spiro atoms. The Labute approximate surface area is 189 Å². The average molecular weight is 438 g/mol. The third-order valence-corrected chi connectivity index (χ3v) is 5.62. The molecule has 2 aliphatic heterocycles. The number of anilines is 1. The van der Waals surface area contributed by atoms with E-state index in [0.29, 0.717) is 18.3 Å². The van der Waals surface area contributed by atoms with Gasteiger partial charge in [0.2, 0.25) is 0 Å². The van der Waals surface area contributed by atoms with Crippen LogP contribution in [0.1, 0.15) is 42.5 Å². The largest absolute Gasteiger partial charge is 0.365 e. The predicted octanol–water partition coefficient (Wildman–Crippen LogP) is 3.06. The Bertz CT molecular complexity index is 912. The topological polar surface area (TPSA) is 88.6 Å². The number of nitrogens with one attached hydrogen (secondary N) is 2. The number of likely N-dealkylation sites (tertiary alicyclic amines) is 1. The molecule has 170 valence electrons. The number of carbonyl (C=O) groups is 1.